The number of hydrogen-bond donors (Lipinski definition) is 0. The maximum absolute atomic E-state index is 13.7. The molecule has 0 unspecified atom stereocenters. The summed E-state index contributed by atoms with van der Waals surface area (Å²) >= 11 is 0. The van der Waals surface area contributed by atoms with Crippen molar-refractivity contribution in [1.29, 1.82) is 0 Å². The summed E-state index contributed by atoms with van der Waals surface area (Å²) in [5, 5.41) is 0. The van der Waals surface area contributed by atoms with Crippen LogP contribution < -0.4 is 0 Å². The Labute approximate surface area is 203 Å². The standard InChI is InChI=1S/C31H39F3/c1-2-3-5-9-22-14-16-23(17-15-22)27-12-8-13-28(29(27)25-10-6-4-7-11-25)24-18-20-26(21-19-24)30(32)31(33)34/h8,12-13,18-23,25H,2-7,9-11,14-17H2,1H3. The Balaban J connectivity index is 1.62. The summed E-state index contributed by atoms with van der Waals surface area (Å²) in [6, 6.07) is 13.3. The van der Waals surface area contributed by atoms with E-state index in [0.717, 1.165) is 11.5 Å². The predicted molar refractivity (Wildman–Crippen MR) is 137 cm³/mol. The summed E-state index contributed by atoms with van der Waals surface area (Å²) in [6.07, 6.45) is 14.6. The molecular weight excluding hydrogens is 429 g/mol. The average molecular weight is 469 g/mol. The first-order chi connectivity index (χ1) is 16.6. The summed E-state index contributed by atoms with van der Waals surface area (Å²) in [5.41, 5.74) is 5.16. The predicted octanol–water partition coefficient (Wildman–Crippen LogP) is 10.8. The Hall–Kier alpha value is -2.03. The monoisotopic (exact) mass is 468 g/mol. The van der Waals surface area contributed by atoms with Gasteiger partial charge in [-0.2, -0.15) is 8.78 Å². The van der Waals surface area contributed by atoms with Crippen molar-refractivity contribution in [2.24, 2.45) is 5.92 Å². The van der Waals surface area contributed by atoms with Gasteiger partial charge in [-0.3, -0.25) is 0 Å². The maximum atomic E-state index is 13.7. The van der Waals surface area contributed by atoms with Crippen molar-refractivity contribution in [3.63, 3.8) is 0 Å². The molecule has 0 bridgehead atoms. The lowest BCUT2D eigenvalue weighted by Gasteiger charge is -2.34. The van der Waals surface area contributed by atoms with Gasteiger partial charge in [-0.1, -0.05) is 94.3 Å². The highest BCUT2D eigenvalue weighted by Gasteiger charge is 2.28. The summed E-state index contributed by atoms with van der Waals surface area (Å²) in [4.78, 5) is 0. The summed E-state index contributed by atoms with van der Waals surface area (Å²) < 4.78 is 39.2. The molecule has 0 aromatic heterocycles. The van der Waals surface area contributed by atoms with Gasteiger partial charge in [0.25, 0.3) is 0 Å². The van der Waals surface area contributed by atoms with Crippen molar-refractivity contribution in [2.75, 3.05) is 0 Å². The van der Waals surface area contributed by atoms with Gasteiger partial charge in [0.1, 0.15) is 0 Å². The fourth-order valence-electron chi connectivity index (χ4n) is 6.39. The van der Waals surface area contributed by atoms with Gasteiger partial charge in [0.15, 0.2) is 5.83 Å². The second-order valence-electron chi connectivity index (χ2n) is 10.5. The summed E-state index contributed by atoms with van der Waals surface area (Å²) in [5.74, 6) is 0.625. The molecule has 184 valence electrons. The SMILES string of the molecule is CCCCCC1CCC(c2cccc(-c3ccc(C(F)=C(F)F)cc3)c2C2CCCCC2)CC1. The molecule has 3 heteroatoms. The topological polar surface area (TPSA) is 0 Å². The van der Waals surface area contributed by atoms with Crippen LogP contribution in [0.25, 0.3) is 17.0 Å². The second-order valence-corrected chi connectivity index (χ2v) is 10.5. The van der Waals surface area contributed by atoms with Crippen LogP contribution in [0.5, 0.6) is 0 Å². The van der Waals surface area contributed by atoms with Crippen LogP contribution in [0.1, 0.15) is 119 Å². The third-order valence-corrected chi connectivity index (χ3v) is 8.27. The van der Waals surface area contributed by atoms with Crippen molar-refractivity contribution >= 4 is 5.83 Å². The zero-order valence-electron chi connectivity index (χ0n) is 20.6. The quantitative estimate of drug-likeness (QED) is 0.338. The molecule has 0 nitrogen and oxygen atoms in total. The van der Waals surface area contributed by atoms with Crippen LogP contribution in [-0.4, -0.2) is 0 Å². The Kier molecular flexibility index (Phi) is 8.92. The van der Waals surface area contributed by atoms with Gasteiger partial charge in [0.2, 0.25) is 0 Å². The van der Waals surface area contributed by atoms with Gasteiger partial charge in [-0.05, 0) is 78.5 Å². The fraction of sp³-hybridized carbons (Fsp3) is 0.548. The van der Waals surface area contributed by atoms with E-state index in [1.165, 1.54) is 112 Å². The minimum atomic E-state index is -2.26. The van der Waals surface area contributed by atoms with E-state index in [4.69, 9.17) is 0 Å². The van der Waals surface area contributed by atoms with Gasteiger partial charge in [0, 0.05) is 5.56 Å². The highest BCUT2D eigenvalue weighted by Crippen LogP contribution is 2.46. The largest absolute Gasteiger partial charge is 0.306 e. The molecule has 2 aliphatic rings. The molecule has 0 atom stereocenters. The number of halogens is 3. The highest BCUT2D eigenvalue weighted by molar-refractivity contribution is 5.72. The zero-order chi connectivity index (χ0) is 23.9. The van der Waals surface area contributed by atoms with Gasteiger partial charge in [0.05, 0.1) is 0 Å². The minimum absolute atomic E-state index is 0.0551. The Morgan fingerprint density at radius 3 is 2.12 bits per heavy atom. The lowest BCUT2D eigenvalue weighted by atomic mass is 9.71. The number of rotatable bonds is 8. The molecule has 2 fully saturated rings. The van der Waals surface area contributed by atoms with Crippen LogP contribution in [0.15, 0.2) is 48.5 Å². The normalized spacial score (nSPS) is 21.4. The van der Waals surface area contributed by atoms with Crippen molar-refractivity contribution < 1.29 is 13.2 Å². The van der Waals surface area contributed by atoms with Gasteiger partial charge in [-0.25, -0.2) is 4.39 Å². The Bertz CT molecular complexity index is 941. The molecular formula is C31H39F3. The molecule has 0 spiro atoms. The highest BCUT2D eigenvalue weighted by atomic mass is 19.3. The van der Waals surface area contributed by atoms with Crippen LogP contribution in [0.2, 0.25) is 0 Å². The lowest BCUT2D eigenvalue weighted by molar-refractivity contribution is 0.301. The van der Waals surface area contributed by atoms with Crippen molar-refractivity contribution in [1.82, 2.24) is 0 Å². The molecule has 0 radical (unpaired) electrons. The Morgan fingerprint density at radius 1 is 0.765 bits per heavy atom. The van der Waals surface area contributed by atoms with E-state index < -0.39 is 11.9 Å². The van der Waals surface area contributed by atoms with Crippen LogP contribution in [0, 0.1) is 5.92 Å². The molecule has 0 aliphatic heterocycles. The third-order valence-electron chi connectivity index (χ3n) is 8.27. The maximum Gasteiger partial charge on any atom is 0.306 e. The third kappa shape index (κ3) is 5.96. The first-order valence-corrected chi connectivity index (χ1v) is 13.5. The molecule has 2 saturated carbocycles. The van der Waals surface area contributed by atoms with Crippen molar-refractivity contribution in [3.8, 4) is 11.1 Å². The van der Waals surface area contributed by atoms with E-state index in [0.29, 0.717) is 11.8 Å². The molecule has 0 heterocycles. The van der Waals surface area contributed by atoms with E-state index in [9.17, 15) is 13.2 Å². The van der Waals surface area contributed by atoms with Crippen molar-refractivity contribution in [2.45, 2.75) is 102 Å². The molecule has 2 aromatic carbocycles. The van der Waals surface area contributed by atoms with Gasteiger partial charge in [-0.15, -0.1) is 0 Å². The van der Waals surface area contributed by atoms with Crippen LogP contribution in [0.3, 0.4) is 0 Å². The van der Waals surface area contributed by atoms with E-state index in [1.807, 2.05) is 12.1 Å². The first-order valence-electron chi connectivity index (χ1n) is 13.5. The summed E-state index contributed by atoms with van der Waals surface area (Å²) in [6.45, 7) is 2.27. The molecule has 4 rings (SSSR count). The molecule has 0 saturated heterocycles. The smallest absolute Gasteiger partial charge is 0.200 e. The fourth-order valence-corrected chi connectivity index (χ4v) is 6.39. The average Bonchev–Trinajstić information content (AvgIpc) is 2.89. The molecule has 2 aliphatic carbocycles. The van der Waals surface area contributed by atoms with E-state index in [2.05, 4.69) is 25.1 Å². The number of unbranched alkanes of at least 4 members (excludes halogenated alkanes) is 2. The van der Waals surface area contributed by atoms with E-state index >= 15 is 0 Å². The van der Waals surface area contributed by atoms with Crippen molar-refractivity contribution in [3.05, 3.63) is 65.2 Å². The second kappa shape index (κ2) is 12.1. The molecule has 0 amide bonds. The first kappa shape index (κ1) is 25.1. The molecule has 2 aromatic rings. The zero-order valence-corrected chi connectivity index (χ0v) is 20.6. The minimum Gasteiger partial charge on any atom is -0.200 e. The van der Waals surface area contributed by atoms with Gasteiger partial charge >= 0.3 is 6.08 Å². The van der Waals surface area contributed by atoms with Crippen LogP contribution >= 0.6 is 0 Å². The van der Waals surface area contributed by atoms with Crippen LogP contribution in [-0.2, 0) is 0 Å². The Morgan fingerprint density at radius 2 is 1.47 bits per heavy atom. The lowest BCUT2D eigenvalue weighted by Crippen LogP contribution is -2.17. The van der Waals surface area contributed by atoms with Gasteiger partial charge < -0.3 is 0 Å². The molecule has 0 N–H and O–H groups in total. The van der Waals surface area contributed by atoms with E-state index in [1.54, 1.807) is 0 Å². The van der Waals surface area contributed by atoms with E-state index in [-0.39, 0.29) is 5.56 Å². The van der Waals surface area contributed by atoms with Crippen LogP contribution in [0.4, 0.5) is 13.2 Å². The summed E-state index contributed by atoms with van der Waals surface area (Å²) in [7, 11) is 0. The molecule has 34 heavy (non-hydrogen) atoms. The number of hydrogen-bond acceptors (Lipinski definition) is 0. The number of benzene rings is 2.